The van der Waals surface area contributed by atoms with Gasteiger partial charge in [0.2, 0.25) is 0 Å². The first-order valence-corrected chi connectivity index (χ1v) is 7.81. The van der Waals surface area contributed by atoms with Gasteiger partial charge in [-0.05, 0) is 17.5 Å². The Bertz CT molecular complexity index is 620. The molecular formula is C19H23N3. The summed E-state index contributed by atoms with van der Waals surface area (Å²) in [7, 11) is 4.08. The normalized spacial score (nSPS) is 20.5. The molecule has 2 aromatic rings. The Labute approximate surface area is 132 Å². The molecule has 3 heteroatoms. The van der Waals surface area contributed by atoms with Crippen LogP contribution >= 0.6 is 0 Å². The smallest absolute Gasteiger partial charge is 0.193 e. The fourth-order valence-electron chi connectivity index (χ4n) is 2.65. The third-order valence-electron chi connectivity index (χ3n) is 4.01. The predicted octanol–water partition coefficient (Wildman–Crippen LogP) is 3.25. The molecule has 0 radical (unpaired) electrons. The molecule has 0 saturated heterocycles. The minimum atomic E-state index is 0.499. The highest BCUT2D eigenvalue weighted by Gasteiger charge is 2.39. The second-order valence-electron chi connectivity index (χ2n) is 6.02. The van der Waals surface area contributed by atoms with Gasteiger partial charge in [-0.3, -0.25) is 0 Å². The molecule has 0 spiro atoms. The lowest BCUT2D eigenvalue weighted by Crippen LogP contribution is -2.38. The lowest BCUT2D eigenvalue weighted by atomic mass is 10.1. The molecule has 0 aliphatic heterocycles. The van der Waals surface area contributed by atoms with E-state index in [4.69, 9.17) is 4.99 Å². The fraction of sp³-hybridized carbons (Fsp3) is 0.316. The van der Waals surface area contributed by atoms with Gasteiger partial charge in [-0.1, -0.05) is 60.7 Å². The van der Waals surface area contributed by atoms with Crippen molar-refractivity contribution >= 4 is 5.96 Å². The molecule has 114 valence electrons. The number of hydrogen-bond donors (Lipinski definition) is 1. The zero-order chi connectivity index (χ0) is 15.4. The van der Waals surface area contributed by atoms with Gasteiger partial charge in [0, 0.05) is 26.1 Å². The number of guanidine groups is 1. The van der Waals surface area contributed by atoms with Crippen molar-refractivity contribution in [2.24, 2.45) is 4.99 Å². The highest BCUT2D eigenvalue weighted by molar-refractivity contribution is 5.80. The third-order valence-corrected chi connectivity index (χ3v) is 4.01. The van der Waals surface area contributed by atoms with Crippen LogP contribution in [0.1, 0.15) is 23.5 Å². The number of nitrogens with zero attached hydrogens (tertiary/aromatic N) is 2. The summed E-state index contributed by atoms with van der Waals surface area (Å²) in [5.74, 6) is 1.58. The first-order valence-electron chi connectivity index (χ1n) is 7.81. The number of hydrogen-bond acceptors (Lipinski definition) is 1. The van der Waals surface area contributed by atoms with Crippen LogP contribution in [0.15, 0.2) is 65.7 Å². The van der Waals surface area contributed by atoms with Gasteiger partial charge in [-0.2, -0.15) is 0 Å². The first kappa shape index (κ1) is 14.6. The molecule has 1 aliphatic rings. The lowest BCUT2D eigenvalue weighted by Gasteiger charge is -2.18. The monoisotopic (exact) mass is 293 g/mol. The van der Waals surface area contributed by atoms with Crippen LogP contribution in [0.2, 0.25) is 0 Å². The Hall–Kier alpha value is -2.29. The van der Waals surface area contributed by atoms with Gasteiger partial charge < -0.3 is 10.2 Å². The van der Waals surface area contributed by atoms with E-state index in [1.54, 1.807) is 0 Å². The average molecular weight is 293 g/mol. The van der Waals surface area contributed by atoms with Crippen molar-refractivity contribution in [3.05, 3.63) is 71.8 Å². The average Bonchev–Trinajstić information content (AvgIpc) is 3.32. The quantitative estimate of drug-likeness (QED) is 0.692. The van der Waals surface area contributed by atoms with E-state index >= 15 is 0 Å². The largest absolute Gasteiger partial charge is 0.353 e. The van der Waals surface area contributed by atoms with Crippen LogP contribution in [0.25, 0.3) is 0 Å². The summed E-state index contributed by atoms with van der Waals surface area (Å²) in [5.41, 5.74) is 2.65. The number of benzene rings is 2. The van der Waals surface area contributed by atoms with Crippen molar-refractivity contribution in [2.75, 3.05) is 14.1 Å². The van der Waals surface area contributed by atoms with Crippen LogP contribution in [0, 0.1) is 0 Å². The number of rotatable bonds is 4. The molecule has 0 heterocycles. The zero-order valence-electron chi connectivity index (χ0n) is 13.2. The lowest BCUT2D eigenvalue weighted by molar-refractivity contribution is 0.576. The second kappa shape index (κ2) is 6.65. The van der Waals surface area contributed by atoms with Crippen LogP contribution in [0.4, 0.5) is 0 Å². The summed E-state index contributed by atoms with van der Waals surface area (Å²) < 4.78 is 0. The molecule has 1 saturated carbocycles. The molecule has 2 atom stereocenters. The van der Waals surface area contributed by atoms with E-state index in [-0.39, 0.29) is 0 Å². The maximum Gasteiger partial charge on any atom is 0.193 e. The number of aliphatic imine (C=N–C) groups is 1. The number of nitrogens with one attached hydrogen (secondary N) is 1. The maximum atomic E-state index is 4.73. The van der Waals surface area contributed by atoms with E-state index in [1.807, 2.05) is 20.2 Å². The molecule has 3 rings (SSSR count). The molecule has 1 N–H and O–H groups in total. The predicted molar refractivity (Wildman–Crippen MR) is 92.0 cm³/mol. The summed E-state index contributed by atoms with van der Waals surface area (Å²) in [6.07, 6.45) is 1.18. The highest BCUT2D eigenvalue weighted by atomic mass is 15.3. The van der Waals surface area contributed by atoms with Gasteiger partial charge in [-0.25, -0.2) is 4.99 Å². The topological polar surface area (TPSA) is 27.6 Å². The molecule has 1 fully saturated rings. The second-order valence-corrected chi connectivity index (χ2v) is 6.02. The van der Waals surface area contributed by atoms with E-state index in [2.05, 4.69) is 64.8 Å². The van der Waals surface area contributed by atoms with Gasteiger partial charge >= 0.3 is 0 Å². The summed E-state index contributed by atoms with van der Waals surface area (Å²) in [4.78, 5) is 6.79. The Balaban J connectivity index is 1.61. The van der Waals surface area contributed by atoms with E-state index < -0.39 is 0 Å². The zero-order valence-corrected chi connectivity index (χ0v) is 13.2. The Morgan fingerprint density at radius 1 is 1.05 bits per heavy atom. The van der Waals surface area contributed by atoms with Crippen molar-refractivity contribution in [3.8, 4) is 0 Å². The van der Waals surface area contributed by atoms with Crippen molar-refractivity contribution in [2.45, 2.75) is 24.9 Å². The fourth-order valence-corrected chi connectivity index (χ4v) is 2.65. The van der Waals surface area contributed by atoms with E-state index in [1.165, 1.54) is 17.5 Å². The molecule has 0 bridgehead atoms. The minimum Gasteiger partial charge on any atom is -0.353 e. The van der Waals surface area contributed by atoms with E-state index in [0.29, 0.717) is 18.5 Å². The summed E-state index contributed by atoms with van der Waals surface area (Å²) in [6, 6.07) is 21.6. The molecule has 2 unspecified atom stereocenters. The molecule has 0 aromatic heterocycles. The van der Waals surface area contributed by atoms with Crippen LogP contribution in [0.5, 0.6) is 0 Å². The van der Waals surface area contributed by atoms with Crippen molar-refractivity contribution in [3.63, 3.8) is 0 Å². The van der Waals surface area contributed by atoms with Crippen molar-refractivity contribution in [1.82, 2.24) is 10.2 Å². The van der Waals surface area contributed by atoms with Gasteiger partial charge in [0.15, 0.2) is 5.96 Å². The van der Waals surface area contributed by atoms with Crippen molar-refractivity contribution < 1.29 is 0 Å². The SMILES string of the molecule is CN(C)C(=NCc1ccccc1)NC1CC1c1ccccc1. The van der Waals surface area contributed by atoms with E-state index in [0.717, 1.165) is 5.96 Å². The Morgan fingerprint density at radius 3 is 2.32 bits per heavy atom. The first-order chi connectivity index (χ1) is 10.7. The van der Waals surface area contributed by atoms with Crippen molar-refractivity contribution in [1.29, 1.82) is 0 Å². The summed E-state index contributed by atoms with van der Waals surface area (Å²) in [6.45, 7) is 0.712. The molecular weight excluding hydrogens is 270 g/mol. The molecule has 1 aliphatic carbocycles. The van der Waals surface area contributed by atoms with Crippen LogP contribution in [0.3, 0.4) is 0 Å². The molecule has 0 amide bonds. The van der Waals surface area contributed by atoms with Crippen LogP contribution in [-0.2, 0) is 6.54 Å². The molecule has 3 nitrogen and oxygen atoms in total. The molecule has 22 heavy (non-hydrogen) atoms. The highest BCUT2D eigenvalue weighted by Crippen LogP contribution is 2.40. The summed E-state index contributed by atoms with van der Waals surface area (Å²) >= 11 is 0. The Morgan fingerprint density at radius 2 is 1.68 bits per heavy atom. The standard InChI is InChI=1S/C19H23N3/c1-22(2)19(20-14-15-9-5-3-6-10-15)21-18-13-17(18)16-11-7-4-8-12-16/h3-12,17-18H,13-14H2,1-2H3,(H,20,21). The van der Waals surface area contributed by atoms with Crippen LogP contribution in [-0.4, -0.2) is 31.0 Å². The summed E-state index contributed by atoms with van der Waals surface area (Å²) in [5, 5.41) is 3.59. The minimum absolute atomic E-state index is 0.499. The van der Waals surface area contributed by atoms with Gasteiger partial charge in [0.1, 0.15) is 0 Å². The van der Waals surface area contributed by atoms with Gasteiger partial charge in [-0.15, -0.1) is 0 Å². The maximum absolute atomic E-state index is 4.73. The third kappa shape index (κ3) is 3.67. The van der Waals surface area contributed by atoms with Gasteiger partial charge in [0.05, 0.1) is 6.54 Å². The van der Waals surface area contributed by atoms with Gasteiger partial charge in [0.25, 0.3) is 0 Å². The molecule has 2 aromatic carbocycles. The van der Waals surface area contributed by atoms with E-state index in [9.17, 15) is 0 Å². The Kier molecular flexibility index (Phi) is 4.42. The van der Waals surface area contributed by atoms with Crippen LogP contribution < -0.4 is 5.32 Å².